The highest BCUT2D eigenvalue weighted by Crippen LogP contribution is 2.09. The lowest BCUT2D eigenvalue weighted by molar-refractivity contribution is -0.130. The van der Waals surface area contributed by atoms with Crippen LogP contribution in [-0.4, -0.2) is 29.8 Å². The zero-order valence-corrected chi connectivity index (χ0v) is 9.28. The van der Waals surface area contributed by atoms with Gasteiger partial charge in [-0.25, -0.2) is 4.39 Å². The lowest BCUT2D eigenvalue weighted by Gasteiger charge is -2.19. The number of rotatable bonds is 2. The third-order valence-electron chi connectivity index (χ3n) is 2.66. The van der Waals surface area contributed by atoms with Crippen LogP contribution in [0.3, 0.4) is 0 Å². The molecule has 0 spiro atoms. The van der Waals surface area contributed by atoms with Crippen molar-refractivity contribution in [3.8, 4) is 0 Å². The molecule has 0 aromatic heterocycles. The predicted octanol–water partition coefficient (Wildman–Crippen LogP) is 0.674. The van der Waals surface area contributed by atoms with E-state index in [2.05, 4.69) is 5.32 Å². The molecule has 2 amide bonds. The summed E-state index contributed by atoms with van der Waals surface area (Å²) in [5.74, 6) is -0.584. The van der Waals surface area contributed by atoms with Crippen molar-refractivity contribution in [1.82, 2.24) is 10.2 Å². The van der Waals surface area contributed by atoms with Gasteiger partial charge in [-0.2, -0.15) is 0 Å². The first-order chi connectivity index (χ1) is 8.15. The maximum Gasteiger partial charge on any atom is 0.242 e. The van der Waals surface area contributed by atoms with Crippen molar-refractivity contribution in [3.05, 3.63) is 35.6 Å². The van der Waals surface area contributed by atoms with E-state index in [0.29, 0.717) is 19.5 Å². The Hall–Kier alpha value is -1.91. The molecule has 1 aromatic rings. The van der Waals surface area contributed by atoms with Gasteiger partial charge in [-0.3, -0.25) is 9.59 Å². The molecular formula is C12H13FN2O2. The van der Waals surface area contributed by atoms with Gasteiger partial charge in [0.2, 0.25) is 11.8 Å². The topological polar surface area (TPSA) is 49.4 Å². The number of nitrogens with one attached hydrogen (secondary N) is 1. The molecular weight excluding hydrogens is 223 g/mol. The number of carbonyl (C=O) groups is 2. The summed E-state index contributed by atoms with van der Waals surface area (Å²) in [6.07, 6.45) is 0.293. The number of nitrogens with zero attached hydrogens (tertiary/aromatic N) is 1. The normalized spacial score (nSPS) is 16.6. The second-order valence-electron chi connectivity index (χ2n) is 3.97. The molecule has 0 aliphatic carbocycles. The van der Waals surface area contributed by atoms with Crippen LogP contribution in [0.25, 0.3) is 0 Å². The molecule has 1 aliphatic heterocycles. The van der Waals surface area contributed by atoms with Gasteiger partial charge in [0.05, 0.1) is 6.54 Å². The smallest absolute Gasteiger partial charge is 0.242 e. The van der Waals surface area contributed by atoms with E-state index >= 15 is 0 Å². The minimum absolute atomic E-state index is 0.0220. The number of carbonyl (C=O) groups excluding carboxylic acids is 2. The van der Waals surface area contributed by atoms with Crippen LogP contribution in [0.4, 0.5) is 4.39 Å². The van der Waals surface area contributed by atoms with Crippen molar-refractivity contribution in [1.29, 1.82) is 0 Å². The Morgan fingerprint density at radius 2 is 2.18 bits per heavy atom. The van der Waals surface area contributed by atoms with E-state index in [-0.39, 0.29) is 24.2 Å². The van der Waals surface area contributed by atoms with E-state index in [0.717, 1.165) is 5.56 Å². The highest BCUT2D eigenvalue weighted by Gasteiger charge is 2.19. The van der Waals surface area contributed by atoms with Crippen molar-refractivity contribution in [3.63, 3.8) is 0 Å². The van der Waals surface area contributed by atoms with Crippen LogP contribution in [-0.2, 0) is 16.1 Å². The van der Waals surface area contributed by atoms with Crippen molar-refractivity contribution in [2.24, 2.45) is 0 Å². The van der Waals surface area contributed by atoms with Gasteiger partial charge in [-0.05, 0) is 17.7 Å². The molecule has 1 aliphatic rings. The lowest BCUT2D eigenvalue weighted by Crippen LogP contribution is -2.34. The number of hydrogen-bond donors (Lipinski definition) is 1. The second-order valence-corrected chi connectivity index (χ2v) is 3.97. The number of amides is 2. The minimum Gasteiger partial charge on any atom is -0.347 e. The number of hydrogen-bond acceptors (Lipinski definition) is 2. The van der Waals surface area contributed by atoms with Crippen LogP contribution in [0, 0.1) is 5.82 Å². The Labute approximate surface area is 98.4 Å². The van der Waals surface area contributed by atoms with Gasteiger partial charge in [0.25, 0.3) is 0 Å². The standard InChI is InChI=1S/C12H13FN2O2/c13-10-3-1-2-9(6-10)8-15-5-4-11(16)14-7-12(15)17/h1-3,6H,4-5,7-8H2,(H,14,16). The maximum atomic E-state index is 13.0. The zero-order valence-electron chi connectivity index (χ0n) is 9.28. The minimum atomic E-state index is -0.320. The van der Waals surface area contributed by atoms with E-state index in [1.807, 2.05) is 0 Å². The summed E-state index contributed by atoms with van der Waals surface area (Å²) in [4.78, 5) is 24.4. The average Bonchev–Trinajstić information content (AvgIpc) is 2.45. The van der Waals surface area contributed by atoms with Gasteiger partial charge in [0.1, 0.15) is 5.82 Å². The summed E-state index contributed by atoms with van der Waals surface area (Å²) >= 11 is 0. The van der Waals surface area contributed by atoms with Crippen LogP contribution in [0.5, 0.6) is 0 Å². The molecule has 5 heteroatoms. The highest BCUT2D eigenvalue weighted by molar-refractivity contribution is 5.87. The Kier molecular flexibility index (Phi) is 3.37. The van der Waals surface area contributed by atoms with Crippen LogP contribution in [0.15, 0.2) is 24.3 Å². The number of benzene rings is 1. The SMILES string of the molecule is O=C1CCN(Cc2cccc(F)c2)C(=O)CN1. The third-order valence-corrected chi connectivity index (χ3v) is 2.66. The second kappa shape index (κ2) is 4.95. The summed E-state index contributed by atoms with van der Waals surface area (Å²) in [6, 6.07) is 6.12. The molecule has 4 nitrogen and oxygen atoms in total. The molecule has 1 heterocycles. The van der Waals surface area contributed by atoms with Crippen molar-refractivity contribution >= 4 is 11.8 Å². The molecule has 0 radical (unpaired) electrons. The molecule has 1 fully saturated rings. The monoisotopic (exact) mass is 236 g/mol. The Morgan fingerprint density at radius 1 is 1.35 bits per heavy atom. The molecule has 0 unspecified atom stereocenters. The van der Waals surface area contributed by atoms with E-state index in [1.165, 1.54) is 12.1 Å². The molecule has 1 saturated heterocycles. The van der Waals surface area contributed by atoms with Crippen molar-refractivity contribution in [2.45, 2.75) is 13.0 Å². The van der Waals surface area contributed by atoms with E-state index < -0.39 is 0 Å². The summed E-state index contributed by atoms with van der Waals surface area (Å²) in [6.45, 7) is 0.737. The molecule has 17 heavy (non-hydrogen) atoms. The Morgan fingerprint density at radius 3 is 2.94 bits per heavy atom. The van der Waals surface area contributed by atoms with Gasteiger partial charge in [0, 0.05) is 19.5 Å². The molecule has 1 N–H and O–H groups in total. The quantitative estimate of drug-likeness (QED) is 0.820. The Bertz CT molecular complexity index is 448. The fourth-order valence-corrected chi connectivity index (χ4v) is 1.76. The van der Waals surface area contributed by atoms with E-state index in [4.69, 9.17) is 0 Å². The molecule has 90 valence electrons. The van der Waals surface area contributed by atoms with E-state index in [1.54, 1.807) is 17.0 Å². The first kappa shape index (κ1) is 11.6. The Balaban J connectivity index is 2.07. The first-order valence-corrected chi connectivity index (χ1v) is 5.44. The number of halogens is 1. The summed E-state index contributed by atoms with van der Waals surface area (Å²) in [7, 11) is 0. The van der Waals surface area contributed by atoms with Crippen LogP contribution in [0.1, 0.15) is 12.0 Å². The fraction of sp³-hybridized carbons (Fsp3) is 0.333. The van der Waals surface area contributed by atoms with Gasteiger partial charge in [-0.1, -0.05) is 12.1 Å². The van der Waals surface area contributed by atoms with Gasteiger partial charge < -0.3 is 10.2 Å². The largest absolute Gasteiger partial charge is 0.347 e. The molecule has 1 aromatic carbocycles. The van der Waals surface area contributed by atoms with Crippen molar-refractivity contribution < 1.29 is 14.0 Å². The van der Waals surface area contributed by atoms with Gasteiger partial charge in [-0.15, -0.1) is 0 Å². The highest BCUT2D eigenvalue weighted by atomic mass is 19.1. The summed E-state index contributed by atoms with van der Waals surface area (Å²) in [5, 5.41) is 2.52. The summed E-state index contributed by atoms with van der Waals surface area (Å²) < 4.78 is 13.0. The summed E-state index contributed by atoms with van der Waals surface area (Å²) in [5.41, 5.74) is 0.729. The molecule has 0 saturated carbocycles. The van der Waals surface area contributed by atoms with Gasteiger partial charge >= 0.3 is 0 Å². The fourth-order valence-electron chi connectivity index (χ4n) is 1.76. The van der Waals surface area contributed by atoms with Crippen LogP contribution >= 0.6 is 0 Å². The lowest BCUT2D eigenvalue weighted by atomic mass is 10.2. The third kappa shape index (κ3) is 3.03. The zero-order chi connectivity index (χ0) is 12.3. The molecule has 0 bridgehead atoms. The van der Waals surface area contributed by atoms with Crippen LogP contribution < -0.4 is 5.32 Å². The van der Waals surface area contributed by atoms with E-state index in [9.17, 15) is 14.0 Å². The van der Waals surface area contributed by atoms with Crippen molar-refractivity contribution in [2.75, 3.05) is 13.1 Å². The van der Waals surface area contributed by atoms with Gasteiger partial charge in [0.15, 0.2) is 0 Å². The van der Waals surface area contributed by atoms with Crippen LogP contribution in [0.2, 0.25) is 0 Å². The first-order valence-electron chi connectivity index (χ1n) is 5.44. The maximum absolute atomic E-state index is 13.0. The predicted molar refractivity (Wildman–Crippen MR) is 59.4 cm³/mol. The average molecular weight is 236 g/mol. The molecule has 0 atom stereocenters. The molecule has 2 rings (SSSR count).